The molecule has 0 saturated heterocycles. The number of hydrogen-bond acceptors (Lipinski definition) is 5. The van der Waals surface area contributed by atoms with E-state index in [2.05, 4.69) is 4.99 Å². The Morgan fingerprint density at radius 3 is 2.59 bits per heavy atom. The number of benzene rings is 4. The van der Waals surface area contributed by atoms with Crippen LogP contribution in [0.2, 0.25) is 0 Å². The molecule has 0 atom stereocenters. The number of ether oxygens (including phenoxy) is 3. The molecule has 1 aliphatic rings. The zero-order valence-electron chi connectivity index (χ0n) is 18.3. The van der Waals surface area contributed by atoms with Gasteiger partial charge >= 0.3 is 5.97 Å². The highest BCUT2D eigenvalue weighted by molar-refractivity contribution is 6.13. The molecule has 0 N–H and O–H groups in total. The topological polar surface area (TPSA) is 57.1 Å². The maximum Gasteiger partial charge on any atom is 0.363 e. The van der Waals surface area contributed by atoms with Gasteiger partial charge in [0.05, 0.1) is 7.11 Å². The number of carbonyl (C=O) groups excluding carboxylic acids is 1. The van der Waals surface area contributed by atoms with Gasteiger partial charge in [-0.3, -0.25) is 0 Å². The highest BCUT2D eigenvalue weighted by atomic mass is 19.1. The largest absolute Gasteiger partial charge is 0.493 e. The van der Waals surface area contributed by atoms with E-state index in [1.54, 1.807) is 36.4 Å². The lowest BCUT2D eigenvalue weighted by Crippen LogP contribution is -2.05. The molecule has 0 spiro atoms. The van der Waals surface area contributed by atoms with E-state index >= 15 is 0 Å². The van der Waals surface area contributed by atoms with Gasteiger partial charge in [0.15, 0.2) is 17.2 Å². The van der Waals surface area contributed by atoms with E-state index in [-0.39, 0.29) is 24.0 Å². The Labute approximate surface area is 195 Å². The number of methoxy groups -OCH3 is 1. The Balaban J connectivity index is 1.41. The number of rotatable bonds is 6. The van der Waals surface area contributed by atoms with Crippen LogP contribution in [0.15, 0.2) is 95.6 Å². The minimum atomic E-state index is -0.527. The van der Waals surface area contributed by atoms with Gasteiger partial charge in [0.2, 0.25) is 5.90 Å². The lowest BCUT2D eigenvalue weighted by atomic mass is 10.1. The van der Waals surface area contributed by atoms with Gasteiger partial charge in [0, 0.05) is 5.56 Å². The maximum atomic E-state index is 13.5. The van der Waals surface area contributed by atoms with Crippen molar-refractivity contribution in [3.05, 3.63) is 113 Å². The summed E-state index contributed by atoms with van der Waals surface area (Å²) in [7, 11) is 1.54. The van der Waals surface area contributed by atoms with Crippen LogP contribution in [-0.2, 0) is 16.1 Å². The zero-order valence-corrected chi connectivity index (χ0v) is 18.3. The average Bonchev–Trinajstić information content (AvgIpc) is 3.22. The van der Waals surface area contributed by atoms with Crippen molar-refractivity contribution in [3.8, 4) is 11.5 Å². The molecule has 4 aromatic rings. The average molecular weight is 453 g/mol. The first-order chi connectivity index (χ1) is 16.6. The van der Waals surface area contributed by atoms with Crippen LogP contribution in [0.25, 0.3) is 16.8 Å². The lowest BCUT2D eigenvalue weighted by Gasteiger charge is -2.11. The number of hydrogen-bond donors (Lipinski definition) is 0. The van der Waals surface area contributed by atoms with Gasteiger partial charge in [-0.2, -0.15) is 0 Å². The van der Waals surface area contributed by atoms with Gasteiger partial charge < -0.3 is 14.2 Å². The Hall–Kier alpha value is -4.45. The predicted octanol–water partition coefficient (Wildman–Crippen LogP) is 5.91. The smallest absolute Gasteiger partial charge is 0.363 e. The summed E-state index contributed by atoms with van der Waals surface area (Å²) in [6, 6.07) is 25.2. The molecule has 0 aromatic heterocycles. The monoisotopic (exact) mass is 453 g/mol. The number of esters is 1. The fourth-order valence-corrected chi connectivity index (χ4v) is 3.70. The van der Waals surface area contributed by atoms with Crippen LogP contribution in [0.4, 0.5) is 4.39 Å². The van der Waals surface area contributed by atoms with Gasteiger partial charge in [0.1, 0.15) is 12.4 Å². The third-order valence-corrected chi connectivity index (χ3v) is 5.39. The molecule has 0 amide bonds. The first kappa shape index (κ1) is 21.4. The minimum absolute atomic E-state index is 0.167. The second kappa shape index (κ2) is 9.19. The van der Waals surface area contributed by atoms with Crippen molar-refractivity contribution in [2.24, 2.45) is 4.99 Å². The summed E-state index contributed by atoms with van der Waals surface area (Å²) in [6.07, 6.45) is 1.63. The third-order valence-electron chi connectivity index (χ3n) is 5.39. The van der Waals surface area contributed by atoms with Gasteiger partial charge in [-0.25, -0.2) is 14.2 Å². The standard InChI is InChI=1S/C28H20FNO4/c1-32-25-12-9-18(15-26(25)33-17-19-5-4-8-23(29)13-19)14-24-28(31)34-27(30-24)22-11-10-20-6-2-3-7-21(20)16-22/h2-16H,17H2,1H3. The molecule has 4 aromatic carbocycles. The normalized spacial score (nSPS) is 14.2. The van der Waals surface area contributed by atoms with Crippen LogP contribution in [-0.4, -0.2) is 19.0 Å². The molecule has 168 valence electrons. The van der Waals surface area contributed by atoms with Crippen LogP contribution in [0, 0.1) is 5.82 Å². The van der Waals surface area contributed by atoms with E-state index in [0.717, 1.165) is 16.3 Å². The number of aliphatic imine (C=N–C) groups is 1. The predicted molar refractivity (Wildman–Crippen MR) is 128 cm³/mol. The van der Waals surface area contributed by atoms with Crippen molar-refractivity contribution < 1.29 is 23.4 Å². The molecule has 1 aliphatic heterocycles. The fourth-order valence-electron chi connectivity index (χ4n) is 3.70. The Morgan fingerprint density at radius 1 is 0.912 bits per heavy atom. The highest BCUT2D eigenvalue weighted by Gasteiger charge is 2.24. The van der Waals surface area contributed by atoms with Crippen LogP contribution in [0.1, 0.15) is 16.7 Å². The zero-order chi connectivity index (χ0) is 23.5. The Bertz CT molecular complexity index is 1460. The molecule has 0 saturated carbocycles. The molecule has 34 heavy (non-hydrogen) atoms. The summed E-state index contributed by atoms with van der Waals surface area (Å²) in [4.78, 5) is 16.9. The van der Waals surface area contributed by atoms with E-state index in [9.17, 15) is 9.18 Å². The molecular formula is C28H20FNO4. The van der Waals surface area contributed by atoms with E-state index < -0.39 is 5.97 Å². The molecule has 5 nitrogen and oxygen atoms in total. The summed E-state index contributed by atoms with van der Waals surface area (Å²) < 4.78 is 30.1. The number of cyclic esters (lactones) is 1. The summed E-state index contributed by atoms with van der Waals surface area (Å²) in [5.74, 6) is 0.393. The molecule has 0 bridgehead atoms. The van der Waals surface area contributed by atoms with Crippen molar-refractivity contribution in [1.82, 2.24) is 0 Å². The lowest BCUT2D eigenvalue weighted by molar-refractivity contribution is -0.129. The van der Waals surface area contributed by atoms with Crippen LogP contribution < -0.4 is 9.47 Å². The number of carbonyl (C=O) groups is 1. The number of halogens is 1. The molecule has 0 fully saturated rings. The Kier molecular flexibility index (Phi) is 5.79. The third kappa shape index (κ3) is 4.52. The SMILES string of the molecule is COc1ccc(C=C2N=C(c3ccc4ccccc4c3)OC2=O)cc1OCc1cccc(F)c1. The van der Waals surface area contributed by atoms with E-state index in [0.29, 0.717) is 22.6 Å². The van der Waals surface area contributed by atoms with Crippen molar-refractivity contribution >= 4 is 28.7 Å². The molecule has 5 rings (SSSR count). The highest BCUT2D eigenvalue weighted by Crippen LogP contribution is 2.31. The summed E-state index contributed by atoms with van der Waals surface area (Å²) in [5.41, 5.74) is 2.29. The maximum absolute atomic E-state index is 13.5. The van der Waals surface area contributed by atoms with Crippen LogP contribution in [0.5, 0.6) is 11.5 Å². The van der Waals surface area contributed by atoms with Crippen molar-refractivity contribution in [2.75, 3.05) is 7.11 Å². The second-order valence-electron chi connectivity index (χ2n) is 7.73. The second-order valence-corrected chi connectivity index (χ2v) is 7.73. The van der Waals surface area contributed by atoms with Crippen LogP contribution in [0.3, 0.4) is 0 Å². The van der Waals surface area contributed by atoms with Crippen molar-refractivity contribution in [1.29, 1.82) is 0 Å². The van der Waals surface area contributed by atoms with Gasteiger partial charge in [-0.15, -0.1) is 0 Å². The van der Waals surface area contributed by atoms with Gasteiger partial charge in [-0.05, 0) is 64.4 Å². The summed E-state index contributed by atoms with van der Waals surface area (Å²) in [6.45, 7) is 0.167. The Morgan fingerprint density at radius 2 is 1.76 bits per heavy atom. The quantitative estimate of drug-likeness (QED) is 0.269. The number of nitrogens with zero attached hydrogens (tertiary/aromatic N) is 1. The van der Waals surface area contributed by atoms with Crippen LogP contribution >= 0.6 is 0 Å². The molecule has 1 heterocycles. The summed E-state index contributed by atoms with van der Waals surface area (Å²) >= 11 is 0. The van der Waals surface area contributed by atoms with Gasteiger partial charge in [0.25, 0.3) is 0 Å². The van der Waals surface area contributed by atoms with Gasteiger partial charge in [-0.1, -0.05) is 48.5 Å². The first-order valence-electron chi connectivity index (χ1n) is 10.7. The fraction of sp³-hybridized carbons (Fsp3) is 0.0714. The van der Waals surface area contributed by atoms with E-state index in [1.165, 1.54) is 19.2 Å². The van der Waals surface area contributed by atoms with E-state index in [4.69, 9.17) is 14.2 Å². The molecular weight excluding hydrogens is 433 g/mol. The molecule has 0 aliphatic carbocycles. The minimum Gasteiger partial charge on any atom is -0.493 e. The summed E-state index contributed by atoms with van der Waals surface area (Å²) in [5, 5.41) is 2.13. The number of fused-ring (bicyclic) bond motifs is 1. The molecule has 6 heteroatoms. The molecule has 0 unspecified atom stereocenters. The first-order valence-corrected chi connectivity index (χ1v) is 10.7. The molecule has 0 radical (unpaired) electrons. The van der Waals surface area contributed by atoms with E-state index in [1.807, 2.05) is 42.5 Å². The van der Waals surface area contributed by atoms with Crippen molar-refractivity contribution in [3.63, 3.8) is 0 Å². The van der Waals surface area contributed by atoms with Crippen molar-refractivity contribution in [2.45, 2.75) is 6.61 Å².